The molecule has 0 saturated heterocycles. The van der Waals surface area contributed by atoms with Crippen LogP contribution in [0.2, 0.25) is 0 Å². The molecule has 0 fully saturated rings. The van der Waals surface area contributed by atoms with Gasteiger partial charge in [0.2, 0.25) is 0 Å². The Morgan fingerprint density at radius 3 is 2.66 bits per heavy atom. The molecule has 0 amide bonds. The molecule has 1 aliphatic rings. The molecular weight excluding hydrogens is 364 g/mol. The normalized spacial score (nSPS) is 15.4. The molecule has 2 aromatic carbocycles. The number of nitrogens with one attached hydrogen (secondary N) is 2. The van der Waals surface area contributed by atoms with Crippen molar-refractivity contribution in [3.8, 4) is 5.75 Å². The van der Waals surface area contributed by atoms with Crippen LogP contribution in [-0.2, 0) is 13.0 Å². The highest BCUT2D eigenvalue weighted by atomic mass is 16.5. The second-order valence-electron chi connectivity index (χ2n) is 7.22. The summed E-state index contributed by atoms with van der Waals surface area (Å²) in [6.07, 6.45) is 0.550. The van der Waals surface area contributed by atoms with Crippen molar-refractivity contribution in [3.63, 3.8) is 0 Å². The van der Waals surface area contributed by atoms with Crippen LogP contribution in [0.5, 0.6) is 5.75 Å². The molecule has 0 bridgehead atoms. The van der Waals surface area contributed by atoms with Gasteiger partial charge in [0.1, 0.15) is 12.4 Å². The highest BCUT2D eigenvalue weighted by Crippen LogP contribution is 2.18. The van der Waals surface area contributed by atoms with Crippen molar-refractivity contribution in [1.82, 2.24) is 15.5 Å². The molecule has 1 unspecified atom stereocenters. The van der Waals surface area contributed by atoms with E-state index < -0.39 is 6.10 Å². The maximum Gasteiger partial charge on any atom is 0.191 e. The van der Waals surface area contributed by atoms with E-state index in [1.807, 2.05) is 37.3 Å². The largest absolute Gasteiger partial charge is 0.492 e. The lowest BCUT2D eigenvalue weighted by atomic mass is 10.00. The Hall–Kier alpha value is -2.57. The van der Waals surface area contributed by atoms with Crippen LogP contribution in [-0.4, -0.2) is 61.4 Å². The first-order chi connectivity index (χ1) is 14.2. The SMILES string of the molecule is CCNC(=NCC(O)CN1CCc2ccccc2C1)NCCOc1ccccc1. The van der Waals surface area contributed by atoms with Gasteiger partial charge in [-0.15, -0.1) is 0 Å². The van der Waals surface area contributed by atoms with E-state index in [-0.39, 0.29) is 0 Å². The number of aliphatic hydroxyl groups excluding tert-OH is 1. The highest BCUT2D eigenvalue weighted by molar-refractivity contribution is 5.79. The molecular formula is C23H32N4O2. The van der Waals surface area contributed by atoms with E-state index in [9.17, 15) is 5.11 Å². The van der Waals surface area contributed by atoms with E-state index in [4.69, 9.17) is 4.74 Å². The van der Waals surface area contributed by atoms with Crippen LogP contribution in [0, 0.1) is 0 Å². The monoisotopic (exact) mass is 396 g/mol. The quantitative estimate of drug-likeness (QED) is 0.344. The molecule has 1 heterocycles. The molecule has 2 aromatic rings. The summed E-state index contributed by atoms with van der Waals surface area (Å²) < 4.78 is 5.69. The first-order valence-corrected chi connectivity index (χ1v) is 10.4. The van der Waals surface area contributed by atoms with E-state index in [0.717, 1.165) is 31.8 Å². The number of hydrogen-bond donors (Lipinski definition) is 3. The van der Waals surface area contributed by atoms with Crippen molar-refractivity contribution < 1.29 is 9.84 Å². The lowest BCUT2D eigenvalue weighted by Gasteiger charge is -2.30. The van der Waals surface area contributed by atoms with Crippen LogP contribution in [0.15, 0.2) is 59.6 Å². The number of fused-ring (bicyclic) bond motifs is 1. The minimum atomic E-state index is -0.490. The third-order valence-corrected chi connectivity index (χ3v) is 4.89. The lowest BCUT2D eigenvalue weighted by molar-refractivity contribution is 0.111. The van der Waals surface area contributed by atoms with Crippen molar-refractivity contribution in [3.05, 3.63) is 65.7 Å². The first kappa shape index (κ1) is 21.1. The summed E-state index contributed by atoms with van der Waals surface area (Å²) in [6.45, 7) is 6.86. The Kier molecular flexibility index (Phi) is 8.34. The summed E-state index contributed by atoms with van der Waals surface area (Å²) >= 11 is 0. The molecule has 0 spiro atoms. The number of nitrogens with zero attached hydrogens (tertiary/aromatic N) is 2. The molecule has 29 heavy (non-hydrogen) atoms. The number of hydrogen-bond acceptors (Lipinski definition) is 4. The average molecular weight is 397 g/mol. The van der Waals surface area contributed by atoms with Gasteiger partial charge in [-0.25, -0.2) is 0 Å². The van der Waals surface area contributed by atoms with E-state index >= 15 is 0 Å². The lowest BCUT2D eigenvalue weighted by Crippen LogP contribution is -2.41. The predicted molar refractivity (Wildman–Crippen MR) is 117 cm³/mol. The molecule has 0 radical (unpaired) electrons. The smallest absolute Gasteiger partial charge is 0.191 e. The molecule has 3 N–H and O–H groups in total. The van der Waals surface area contributed by atoms with Gasteiger partial charge >= 0.3 is 0 Å². The van der Waals surface area contributed by atoms with Gasteiger partial charge in [0.05, 0.1) is 19.2 Å². The van der Waals surface area contributed by atoms with Crippen molar-refractivity contribution in [1.29, 1.82) is 0 Å². The van der Waals surface area contributed by atoms with Crippen LogP contribution in [0.1, 0.15) is 18.1 Å². The molecule has 156 valence electrons. The van der Waals surface area contributed by atoms with E-state index in [1.54, 1.807) is 0 Å². The Balaban J connectivity index is 1.40. The van der Waals surface area contributed by atoms with E-state index in [2.05, 4.69) is 44.8 Å². The number of rotatable bonds is 9. The molecule has 0 aromatic heterocycles. The summed E-state index contributed by atoms with van der Waals surface area (Å²) in [5.41, 5.74) is 2.79. The fourth-order valence-corrected chi connectivity index (χ4v) is 3.46. The molecule has 6 nitrogen and oxygen atoms in total. The molecule has 0 aliphatic carbocycles. The summed E-state index contributed by atoms with van der Waals surface area (Å²) in [5, 5.41) is 16.9. The minimum Gasteiger partial charge on any atom is -0.492 e. The first-order valence-electron chi connectivity index (χ1n) is 10.4. The van der Waals surface area contributed by atoms with E-state index in [1.165, 1.54) is 11.1 Å². The molecule has 6 heteroatoms. The van der Waals surface area contributed by atoms with E-state index in [0.29, 0.717) is 32.2 Å². The third-order valence-electron chi connectivity index (χ3n) is 4.89. The third kappa shape index (κ3) is 7.07. The zero-order chi connectivity index (χ0) is 20.3. The van der Waals surface area contributed by atoms with Gasteiger partial charge in [-0.2, -0.15) is 0 Å². The zero-order valence-electron chi connectivity index (χ0n) is 17.2. The van der Waals surface area contributed by atoms with Gasteiger partial charge in [-0.1, -0.05) is 42.5 Å². The number of β-amino-alcohol motifs (C(OH)–C–C–N with tert-alkyl or cyclic N) is 1. The number of ether oxygens (including phenoxy) is 1. The number of aliphatic hydroxyl groups is 1. The van der Waals surface area contributed by atoms with Gasteiger partial charge in [0.15, 0.2) is 5.96 Å². The van der Waals surface area contributed by atoms with Gasteiger partial charge in [-0.05, 0) is 36.6 Å². The van der Waals surface area contributed by atoms with Crippen molar-refractivity contribution in [2.45, 2.75) is 26.0 Å². The highest BCUT2D eigenvalue weighted by Gasteiger charge is 2.18. The maximum absolute atomic E-state index is 10.5. The van der Waals surface area contributed by atoms with Crippen molar-refractivity contribution in [2.75, 3.05) is 39.3 Å². The molecule has 3 rings (SSSR count). The van der Waals surface area contributed by atoms with Crippen LogP contribution < -0.4 is 15.4 Å². The number of guanidine groups is 1. The Morgan fingerprint density at radius 2 is 1.86 bits per heavy atom. The summed E-state index contributed by atoms with van der Waals surface area (Å²) in [4.78, 5) is 6.83. The molecule has 0 saturated carbocycles. The second-order valence-corrected chi connectivity index (χ2v) is 7.22. The summed E-state index contributed by atoms with van der Waals surface area (Å²) in [6, 6.07) is 18.3. The molecule has 1 atom stereocenters. The van der Waals surface area contributed by atoms with Crippen molar-refractivity contribution >= 4 is 5.96 Å². The number of benzene rings is 2. The summed E-state index contributed by atoms with van der Waals surface area (Å²) in [7, 11) is 0. The standard InChI is InChI=1S/C23H32N4O2/c1-2-24-23(25-13-15-29-22-10-4-3-5-11-22)26-16-21(28)18-27-14-12-19-8-6-7-9-20(19)17-27/h3-11,21,28H,2,12-18H2,1H3,(H2,24,25,26). The van der Waals surface area contributed by atoms with Crippen LogP contribution in [0.25, 0.3) is 0 Å². The van der Waals surface area contributed by atoms with Gasteiger partial charge in [-0.3, -0.25) is 9.89 Å². The number of para-hydroxylation sites is 1. The number of aliphatic imine (C=N–C) groups is 1. The maximum atomic E-state index is 10.5. The van der Waals surface area contributed by atoms with Gasteiger partial charge < -0.3 is 20.5 Å². The van der Waals surface area contributed by atoms with Crippen LogP contribution in [0.4, 0.5) is 0 Å². The van der Waals surface area contributed by atoms with Crippen molar-refractivity contribution in [2.24, 2.45) is 4.99 Å². The van der Waals surface area contributed by atoms with Gasteiger partial charge in [0.25, 0.3) is 0 Å². The molecule has 1 aliphatic heterocycles. The van der Waals surface area contributed by atoms with Crippen LogP contribution in [0.3, 0.4) is 0 Å². The summed E-state index contributed by atoms with van der Waals surface area (Å²) in [5.74, 6) is 1.56. The minimum absolute atomic E-state index is 0.368. The average Bonchev–Trinajstić information content (AvgIpc) is 2.75. The zero-order valence-corrected chi connectivity index (χ0v) is 17.2. The Labute approximate surface area is 173 Å². The second kappa shape index (κ2) is 11.4. The fourth-order valence-electron chi connectivity index (χ4n) is 3.46. The Bertz CT molecular complexity index is 766. The topological polar surface area (TPSA) is 69.1 Å². The predicted octanol–water partition coefficient (Wildman–Crippen LogP) is 2.04. The van der Waals surface area contributed by atoms with Crippen LogP contribution >= 0.6 is 0 Å². The Morgan fingerprint density at radius 1 is 1.10 bits per heavy atom. The fraction of sp³-hybridized carbons (Fsp3) is 0.435. The van der Waals surface area contributed by atoms with Gasteiger partial charge in [0, 0.05) is 26.2 Å².